The van der Waals surface area contributed by atoms with Gasteiger partial charge in [-0.15, -0.1) is 0 Å². The van der Waals surface area contributed by atoms with Crippen LogP contribution in [-0.4, -0.2) is 44.3 Å². The molecule has 6 heteroatoms. The van der Waals surface area contributed by atoms with E-state index in [1.165, 1.54) is 6.42 Å². The summed E-state index contributed by atoms with van der Waals surface area (Å²) in [7, 11) is -3.43. The van der Waals surface area contributed by atoms with Crippen LogP contribution >= 0.6 is 0 Å². The summed E-state index contributed by atoms with van der Waals surface area (Å²) in [6.07, 6.45) is 14.9. The van der Waals surface area contributed by atoms with Gasteiger partial charge in [-0.25, -0.2) is 8.42 Å². The highest BCUT2D eigenvalue weighted by Crippen LogP contribution is 2.46. The summed E-state index contributed by atoms with van der Waals surface area (Å²) in [5.74, 6) is 0.499. The Morgan fingerprint density at radius 3 is 2.71 bits per heavy atom. The number of unbranched alkanes of at least 4 members (excludes halogenated alkanes) is 2. The van der Waals surface area contributed by atoms with Crippen molar-refractivity contribution in [2.24, 2.45) is 5.92 Å². The van der Waals surface area contributed by atoms with E-state index in [-0.39, 0.29) is 18.4 Å². The number of piperidine rings is 1. The predicted molar refractivity (Wildman–Crippen MR) is 122 cm³/mol. The molecule has 3 aliphatic rings. The molecule has 0 aromatic heterocycles. The second-order valence-electron chi connectivity index (χ2n) is 9.31. The van der Waals surface area contributed by atoms with Gasteiger partial charge in [0.15, 0.2) is 6.29 Å². The van der Waals surface area contributed by atoms with Gasteiger partial charge < -0.3 is 9.47 Å². The lowest BCUT2D eigenvalue weighted by Gasteiger charge is -2.33. The Hall–Kier alpha value is -1.21. The summed E-state index contributed by atoms with van der Waals surface area (Å²) in [6, 6.07) is 7.57. The third-order valence-corrected chi connectivity index (χ3v) is 9.02. The first kappa shape index (κ1) is 23.0. The molecule has 0 spiro atoms. The average molecular weight is 448 g/mol. The maximum atomic E-state index is 13.4. The fraction of sp³-hybridized carbons (Fsp3) is 0.680. The van der Waals surface area contributed by atoms with E-state index in [4.69, 9.17) is 9.47 Å². The Bertz CT molecular complexity index is 830. The van der Waals surface area contributed by atoms with Crippen molar-refractivity contribution in [3.8, 4) is 0 Å². The van der Waals surface area contributed by atoms with Crippen molar-refractivity contribution in [1.82, 2.24) is 4.31 Å². The van der Waals surface area contributed by atoms with Gasteiger partial charge in [0.2, 0.25) is 10.0 Å². The van der Waals surface area contributed by atoms with Crippen LogP contribution in [0.5, 0.6) is 0 Å². The molecule has 2 heterocycles. The molecule has 5 nitrogen and oxygen atoms in total. The number of fused-ring (bicyclic) bond motifs is 2. The number of hydrogen-bond acceptors (Lipinski definition) is 4. The van der Waals surface area contributed by atoms with Gasteiger partial charge in [-0.3, -0.25) is 0 Å². The quantitative estimate of drug-likeness (QED) is 0.366. The second-order valence-corrected chi connectivity index (χ2v) is 11.2. The maximum Gasteiger partial charge on any atom is 0.243 e. The molecule has 0 amide bonds. The van der Waals surface area contributed by atoms with Crippen molar-refractivity contribution in [3.63, 3.8) is 0 Å². The summed E-state index contributed by atoms with van der Waals surface area (Å²) in [4.78, 5) is 0.432. The van der Waals surface area contributed by atoms with Gasteiger partial charge in [0.1, 0.15) is 0 Å². The number of hydrogen-bond donors (Lipinski definition) is 0. The Morgan fingerprint density at radius 2 is 1.94 bits per heavy atom. The second kappa shape index (κ2) is 10.6. The third-order valence-electron chi connectivity index (χ3n) is 7.02. The zero-order chi connectivity index (χ0) is 21.7. The average Bonchev–Trinajstić information content (AvgIpc) is 3.38. The molecule has 3 fully saturated rings. The molecule has 1 aromatic carbocycles. The number of benzene rings is 1. The van der Waals surface area contributed by atoms with E-state index >= 15 is 0 Å². The lowest BCUT2D eigenvalue weighted by atomic mass is 9.97. The fourth-order valence-electron chi connectivity index (χ4n) is 5.33. The Kier molecular flexibility index (Phi) is 7.86. The van der Waals surface area contributed by atoms with E-state index in [2.05, 4.69) is 12.2 Å². The van der Waals surface area contributed by atoms with Crippen LogP contribution in [0.2, 0.25) is 0 Å². The summed E-state index contributed by atoms with van der Waals surface area (Å²) in [5.41, 5.74) is 1.08. The van der Waals surface area contributed by atoms with Crippen molar-refractivity contribution in [3.05, 3.63) is 42.0 Å². The molecule has 0 N–H and O–H groups in total. The molecular weight excluding hydrogens is 410 g/mol. The van der Waals surface area contributed by atoms with Crippen molar-refractivity contribution in [2.75, 3.05) is 13.2 Å². The van der Waals surface area contributed by atoms with Crippen LogP contribution in [0.25, 0.3) is 0 Å². The molecule has 1 aromatic rings. The van der Waals surface area contributed by atoms with Crippen LogP contribution in [0, 0.1) is 12.8 Å². The van der Waals surface area contributed by atoms with E-state index in [9.17, 15) is 8.42 Å². The van der Waals surface area contributed by atoms with Gasteiger partial charge >= 0.3 is 0 Å². The van der Waals surface area contributed by atoms with Crippen LogP contribution < -0.4 is 0 Å². The largest absolute Gasteiger partial charge is 0.353 e. The summed E-state index contributed by atoms with van der Waals surface area (Å²) >= 11 is 0. The zero-order valence-electron chi connectivity index (χ0n) is 18.7. The molecule has 1 aliphatic carbocycles. The normalized spacial score (nSPS) is 29.2. The molecule has 2 aliphatic heterocycles. The molecule has 4 atom stereocenters. The molecule has 31 heavy (non-hydrogen) atoms. The topological polar surface area (TPSA) is 55.8 Å². The molecule has 0 radical (unpaired) electrons. The third kappa shape index (κ3) is 5.59. The maximum absolute atomic E-state index is 13.4. The molecule has 1 saturated carbocycles. The summed E-state index contributed by atoms with van der Waals surface area (Å²) in [6.45, 7) is 3.57. The van der Waals surface area contributed by atoms with Crippen molar-refractivity contribution in [2.45, 2.75) is 94.4 Å². The molecule has 1 unspecified atom stereocenters. The van der Waals surface area contributed by atoms with Gasteiger partial charge in [-0.1, -0.05) is 29.8 Å². The number of sulfonamides is 1. The minimum Gasteiger partial charge on any atom is -0.353 e. The summed E-state index contributed by atoms with van der Waals surface area (Å²) < 4.78 is 39.9. The van der Waals surface area contributed by atoms with Crippen LogP contribution in [0.15, 0.2) is 41.3 Å². The van der Waals surface area contributed by atoms with E-state index in [1.807, 2.05) is 23.4 Å². The van der Waals surface area contributed by atoms with E-state index in [0.717, 1.165) is 76.6 Å². The molecule has 4 rings (SSSR count). The lowest BCUT2D eigenvalue weighted by Crippen LogP contribution is -2.44. The number of nitrogens with zero attached hydrogens (tertiary/aromatic N) is 1. The first-order valence-corrected chi connectivity index (χ1v) is 13.5. The number of allylic oxidation sites excluding steroid dienone is 1. The van der Waals surface area contributed by atoms with Gasteiger partial charge in [0, 0.05) is 25.3 Å². The first-order chi connectivity index (χ1) is 15.1. The minimum atomic E-state index is -3.43. The highest BCUT2D eigenvalue weighted by molar-refractivity contribution is 7.89. The highest BCUT2D eigenvalue weighted by atomic mass is 32.2. The Labute approximate surface area is 187 Å². The van der Waals surface area contributed by atoms with Crippen LogP contribution in [0.1, 0.15) is 69.8 Å². The van der Waals surface area contributed by atoms with Crippen LogP contribution in [-0.2, 0) is 19.5 Å². The van der Waals surface area contributed by atoms with Crippen LogP contribution in [0.4, 0.5) is 0 Å². The summed E-state index contributed by atoms with van der Waals surface area (Å²) in [5, 5.41) is 0. The van der Waals surface area contributed by atoms with Crippen molar-refractivity contribution >= 4 is 10.0 Å². The predicted octanol–water partition coefficient (Wildman–Crippen LogP) is 5.20. The number of aryl methyl sites for hydroxylation is 1. The number of rotatable bonds is 10. The van der Waals surface area contributed by atoms with Gasteiger partial charge in [-0.05, 0) is 89.2 Å². The standard InChI is InChI=1S/C25H37NO4S/c1-20-11-15-23(16-12-20)31(27,28)26-22-14-13-21(19-22)24(26)9-5-3-2-4-7-17-29-25-10-6-8-18-30-25/h3,5,11-12,15-16,21-22,24-25H,2,4,6-10,13-14,17-19H2,1H3/b5-3+/t21-,22+,24+,25?/m1/s1. The smallest absolute Gasteiger partial charge is 0.243 e. The molecule has 2 bridgehead atoms. The Morgan fingerprint density at radius 1 is 1.10 bits per heavy atom. The zero-order valence-corrected chi connectivity index (χ0v) is 19.6. The van der Waals surface area contributed by atoms with Crippen molar-refractivity contribution in [1.29, 1.82) is 0 Å². The number of ether oxygens (including phenoxy) is 2. The fourth-order valence-corrected chi connectivity index (χ4v) is 7.25. The first-order valence-electron chi connectivity index (χ1n) is 12.0. The van der Waals surface area contributed by atoms with E-state index in [1.54, 1.807) is 12.1 Å². The van der Waals surface area contributed by atoms with Gasteiger partial charge in [0.25, 0.3) is 0 Å². The van der Waals surface area contributed by atoms with Crippen molar-refractivity contribution < 1.29 is 17.9 Å². The van der Waals surface area contributed by atoms with E-state index < -0.39 is 10.0 Å². The molecule has 2 saturated heterocycles. The Balaban J connectivity index is 1.25. The van der Waals surface area contributed by atoms with Gasteiger partial charge in [0.05, 0.1) is 4.90 Å². The van der Waals surface area contributed by atoms with E-state index in [0.29, 0.717) is 10.8 Å². The minimum absolute atomic E-state index is 0.00328. The molecule has 172 valence electrons. The van der Waals surface area contributed by atoms with Gasteiger partial charge in [-0.2, -0.15) is 4.31 Å². The lowest BCUT2D eigenvalue weighted by molar-refractivity contribution is -0.162. The highest BCUT2D eigenvalue weighted by Gasteiger charge is 2.50. The molecular formula is C25H37NO4S. The van der Waals surface area contributed by atoms with Crippen LogP contribution in [0.3, 0.4) is 0 Å². The SMILES string of the molecule is Cc1ccc(S(=O)(=O)N2[C@H]3CC[C@H](C3)[C@@H]2C/C=C/CCCCOC2CCCCO2)cc1. The monoisotopic (exact) mass is 447 g/mol.